The molecule has 1 fully saturated rings. The third-order valence-electron chi connectivity index (χ3n) is 3.32. The molecule has 3 heterocycles. The fraction of sp³-hybridized carbons (Fsp3) is 0.545. The van der Waals surface area contributed by atoms with Gasteiger partial charge < -0.3 is 10.1 Å². The maximum atomic E-state index is 11.4. The number of aromatic nitrogens is 4. The standard InChI is InChI=1S/C11H15N5O2/c1-7(8-4-5-18-6-8)12-9-2-3-10-13-14-11(17)16(10)15-9/h2-3,7-8H,4-6H2,1H3,(H,12,15)(H,14,17). The van der Waals surface area contributed by atoms with Crippen molar-refractivity contribution in [3.63, 3.8) is 0 Å². The largest absolute Gasteiger partial charge is 0.381 e. The van der Waals surface area contributed by atoms with Gasteiger partial charge in [0.2, 0.25) is 0 Å². The first-order valence-corrected chi connectivity index (χ1v) is 6.03. The van der Waals surface area contributed by atoms with Crippen LogP contribution >= 0.6 is 0 Å². The van der Waals surface area contributed by atoms with E-state index in [0.29, 0.717) is 17.4 Å². The topological polar surface area (TPSA) is 84.3 Å². The first-order chi connectivity index (χ1) is 8.74. The van der Waals surface area contributed by atoms with Crippen LogP contribution in [0.25, 0.3) is 5.65 Å². The van der Waals surface area contributed by atoms with E-state index in [9.17, 15) is 4.79 Å². The number of ether oxygens (including phenoxy) is 1. The molecule has 7 heteroatoms. The van der Waals surface area contributed by atoms with Gasteiger partial charge in [-0.15, -0.1) is 5.10 Å². The summed E-state index contributed by atoms with van der Waals surface area (Å²) in [7, 11) is 0. The lowest BCUT2D eigenvalue weighted by atomic mass is 10.0. The van der Waals surface area contributed by atoms with Crippen LogP contribution in [0.2, 0.25) is 0 Å². The molecule has 0 amide bonds. The van der Waals surface area contributed by atoms with E-state index in [1.54, 1.807) is 6.07 Å². The quantitative estimate of drug-likeness (QED) is 0.814. The van der Waals surface area contributed by atoms with E-state index in [-0.39, 0.29) is 11.7 Å². The summed E-state index contributed by atoms with van der Waals surface area (Å²) in [5.41, 5.74) is 0.188. The fourth-order valence-corrected chi connectivity index (χ4v) is 2.18. The number of hydrogen-bond acceptors (Lipinski definition) is 5. The normalized spacial score (nSPS) is 21.3. The highest BCUT2D eigenvalue weighted by atomic mass is 16.5. The van der Waals surface area contributed by atoms with Crippen LogP contribution in [-0.4, -0.2) is 39.1 Å². The second-order valence-corrected chi connectivity index (χ2v) is 4.57. The highest BCUT2D eigenvalue weighted by Gasteiger charge is 2.22. The average molecular weight is 249 g/mol. The van der Waals surface area contributed by atoms with Gasteiger partial charge in [0.1, 0.15) is 5.82 Å². The van der Waals surface area contributed by atoms with Crippen LogP contribution in [0.3, 0.4) is 0 Å². The third kappa shape index (κ3) is 1.97. The molecule has 18 heavy (non-hydrogen) atoms. The fourth-order valence-electron chi connectivity index (χ4n) is 2.18. The van der Waals surface area contributed by atoms with E-state index in [1.807, 2.05) is 6.07 Å². The van der Waals surface area contributed by atoms with Crippen LogP contribution in [0.15, 0.2) is 16.9 Å². The molecule has 3 rings (SSSR count). The SMILES string of the molecule is CC(Nc1ccc2n[nH]c(=O)n2n1)C1CCOC1. The molecule has 2 atom stereocenters. The highest BCUT2D eigenvalue weighted by molar-refractivity contribution is 5.43. The van der Waals surface area contributed by atoms with Gasteiger partial charge in [0, 0.05) is 18.6 Å². The number of H-pyrrole nitrogens is 1. The predicted molar refractivity (Wildman–Crippen MR) is 65.6 cm³/mol. The Morgan fingerprint density at radius 2 is 2.50 bits per heavy atom. The molecule has 2 N–H and O–H groups in total. The van der Waals surface area contributed by atoms with E-state index in [4.69, 9.17) is 4.74 Å². The minimum Gasteiger partial charge on any atom is -0.381 e. The second kappa shape index (κ2) is 4.41. The van der Waals surface area contributed by atoms with Crippen LogP contribution in [0.5, 0.6) is 0 Å². The minimum absolute atomic E-state index is 0.264. The van der Waals surface area contributed by atoms with Crippen molar-refractivity contribution in [3.05, 3.63) is 22.6 Å². The Labute approximate surface area is 103 Å². The first kappa shape index (κ1) is 11.2. The van der Waals surface area contributed by atoms with Crippen molar-refractivity contribution in [2.75, 3.05) is 18.5 Å². The maximum absolute atomic E-state index is 11.4. The van der Waals surface area contributed by atoms with Gasteiger partial charge in [-0.05, 0) is 25.5 Å². The van der Waals surface area contributed by atoms with E-state index in [1.165, 1.54) is 4.52 Å². The van der Waals surface area contributed by atoms with Gasteiger partial charge in [-0.3, -0.25) is 0 Å². The zero-order chi connectivity index (χ0) is 12.5. The molecule has 1 aliphatic heterocycles. The highest BCUT2D eigenvalue weighted by Crippen LogP contribution is 2.19. The smallest absolute Gasteiger partial charge is 0.364 e. The summed E-state index contributed by atoms with van der Waals surface area (Å²) >= 11 is 0. The lowest BCUT2D eigenvalue weighted by Crippen LogP contribution is -2.27. The van der Waals surface area contributed by atoms with Crippen molar-refractivity contribution >= 4 is 11.5 Å². The van der Waals surface area contributed by atoms with Crippen LogP contribution in [0, 0.1) is 5.92 Å². The maximum Gasteiger partial charge on any atom is 0.364 e. The molecule has 7 nitrogen and oxygen atoms in total. The van der Waals surface area contributed by atoms with Crippen molar-refractivity contribution in [1.82, 2.24) is 19.8 Å². The van der Waals surface area contributed by atoms with Crippen molar-refractivity contribution in [2.24, 2.45) is 5.92 Å². The van der Waals surface area contributed by atoms with Gasteiger partial charge in [-0.2, -0.15) is 9.61 Å². The zero-order valence-corrected chi connectivity index (χ0v) is 10.1. The summed E-state index contributed by atoms with van der Waals surface area (Å²) in [5.74, 6) is 1.16. The summed E-state index contributed by atoms with van der Waals surface area (Å²) in [6.07, 6.45) is 1.06. The van der Waals surface area contributed by atoms with Gasteiger partial charge in [0.25, 0.3) is 0 Å². The predicted octanol–water partition coefficient (Wildman–Crippen LogP) is 0.254. The van der Waals surface area contributed by atoms with Gasteiger partial charge in [-0.1, -0.05) is 0 Å². The van der Waals surface area contributed by atoms with E-state index in [0.717, 1.165) is 19.6 Å². The number of hydrogen-bond donors (Lipinski definition) is 2. The molecule has 0 bridgehead atoms. The van der Waals surface area contributed by atoms with Crippen LogP contribution in [0.4, 0.5) is 5.82 Å². The molecule has 0 aromatic carbocycles. The third-order valence-corrected chi connectivity index (χ3v) is 3.32. The Balaban J connectivity index is 1.81. The number of anilines is 1. The van der Waals surface area contributed by atoms with E-state index < -0.39 is 0 Å². The van der Waals surface area contributed by atoms with Gasteiger partial charge in [0.15, 0.2) is 5.65 Å². The lowest BCUT2D eigenvalue weighted by Gasteiger charge is -2.19. The molecule has 0 spiro atoms. The van der Waals surface area contributed by atoms with Crippen LogP contribution in [0.1, 0.15) is 13.3 Å². The van der Waals surface area contributed by atoms with E-state index >= 15 is 0 Å². The molecular weight excluding hydrogens is 234 g/mol. The lowest BCUT2D eigenvalue weighted by molar-refractivity contribution is 0.183. The van der Waals surface area contributed by atoms with Gasteiger partial charge >= 0.3 is 5.69 Å². The number of rotatable bonds is 3. The Morgan fingerprint density at radius 1 is 1.61 bits per heavy atom. The monoisotopic (exact) mass is 249 g/mol. The van der Waals surface area contributed by atoms with Crippen molar-refractivity contribution in [2.45, 2.75) is 19.4 Å². The minimum atomic E-state index is -0.328. The molecule has 1 saturated heterocycles. The van der Waals surface area contributed by atoms with Crippen LogP contribution < -0.4 is 11.0 Å². The number of nitrogens with zero attached hydrogens (tertiary/aromatic N) is 3. The second-order valence-electron chi connectivity index (χ2n) is 4.57. The summed E-state index contributed by atoms with van der Waals surface area (Å²) in [5, 5.41) is 13.7. The van der Waals surface area contributed by atoms with Crippen LogP contribution in [-0.2, 0) is 4.74 Å². The Morgan fingerprint density at radius 3 is 3.28 bits per heavy atom. The Hall–Kier alpha value is -1.89. The molecular formula is C11H15N5O2. The number of nitrogens with one attached hydrogen (secondary N) is 2. The average Bonchev–Trinajstić information content (AvgIpc) is 3.00. The number of aromatic amines is 1. The molecule has 96 valence electrons. The Kier molecular flexibility index (Phi) is 2.75. The Bertz CT molecular complexity index is 599. The molecule has 2 aromatic heterocycles. The summed E-state index contributed by atoms with van der Waals surface area (Å²) in [6.45, 7) is 3.70. The van der Waals surface area contributed by atoms with Gasteiger partial charge in [-0.25, -0.2) is 9.89 Å². The summed E-state index contributed by atoms with van der Waals surface area (Å²) in [6, 6.07) is 3.84. The first-order valence-electron chi connectivity index (χ1n) is 6.03. The zero-order valence-electron chi connectivity index (χ0n) is 10.1. The molecule has 2 unspecified atom stereocenters. The van der Waals surface area contributed by atoms with E-state index in [2.05, 4.69) is 27.5 Å². The van der Waals surface area contributed by atoms with Crippen molar-refractivity contribution < 1.29 is 4.74 Å². The number of fused-ring (bicyclic) bond motifs is 1. The van der Waals surface area contributed by atoms with Gasteiger partial charge in [0.05, 0.1) is 6.61 Å². The molecule has 0 saturated carbocycles. The molecule has 0 radical (unpaired) electrons. The summed E-state index contributed by atoms with van der Waals surface area (Å²) in [4.78, 5) is 11.4. The summed E-state index contributed by atoms with van der Waals surface area (Å²) < 4.78 is 6.61. The van der Waals surface area contributed by atoms with Crippen molar-refractivity contribution in [3.8, 4) is 0 Å². The van der Waals surface area contributed by atoms with Crippen molar-refractivity contribution in [1.29, 1.82) is 0 Å². The molecule has 0 aliphatic carbocycles. The molecule has 2 aromatic rings. The molecule has 1 aliphatic rings.